The summed E-state index contributed by atoms with van der Waals surface area (Å²) in [6.07, 6.45) is -0.0106. The number of carbonyl (C=O) groups is 3. The molecule has 0 fully saturated rings. The highest BCUT2D eigenvalue weighted by Crippen LogP contribution is 2.44. The first kappa shape index (κ1) is 26.2. The average Bonchev–Trinajstić information content (AvgIpc) is 3.12. The van der Waals surface area contributed by atoms with Gasteiger partial charge in [0.1, 0.15) is 22.5 Å². The molecule has 0 bridgehead atoms. The lowest BCUT2D eigenvalue weighted by Gasteiger charge is -2.23. The van der Waals surface area contributed by atoms with E-state index in [4.69, 9.17) is 4.74 Å². The third-order valence-electron chi connectivity index (χ3n) is 6.01. The van der Waals surface area contributed by atoms with Crippen molar-refractivity contribution in [2.24, 2.45) is 5.41 Å². The maximum atomic E-state index is 12.7. The Bertz CT molecular complexity index is 1180. The molecule has 0 radical (unpaired) electrons. The van der Waals surface area contributed by atoms with Gasteiger partial charge in [0.25, 0.3) is 0 Å². The number of hydrogen-bond donors (Lipinski definition) is 3. The van der Waals surface area contributed by atoms with Crippen LogP contribution in [0.4, 0.5) is 4.79 Å². The number of hydrogen-bond acceptors (Lipinski definition) is 6. The lowest BCUT2D eigenvalue weighted by molar-refractivity contribution is -0.146. The van der Waals surface area contributed by atoms with Crippen LogP contribution >= 0.6 is 0 Å². The molecule has 3 rings (SSSR count). The van der Waals surface area contributed by atoms with Crippen molar-refractivity contribution < 1.29 is 32.6 Å². The molecule has 3 N–H and O–H groups in total. The summed E-state index contributed by atoms with van der Waals surface area (Å²) in [7, 11) is -3.40. The number of carboxylic acids is 1. The number of benzene rings is 2. The van der Waals surface area contributed by atoms with Crippen LogP contribution < -0.4 is 10.6 Å². The van der Waals surface area contributed by atoms with Crippen LogP contribution in [0.15, 0.2) is 48.5 Å². The van der Waals surface area contributed by atoms with Gasteiger partial charge in [-0.25, -0.2) is 13.2 Å². The highest BCUT2D eigenvalue weighted by Gasteiger charge is 2.32. The molecule has 0 saturated heterocycles. The minimum absolute atomic E-state index is 0.0340. The van der Waals surface area contributed by atoms with E-state index in [1.807, 2.05) is 48.5 Å². The molecular weight excluding hydrogens is 472 g/mol. The number of carbonyl (C=O) groups excluding carboxylic acids is 2. The highest BCUT2D eigenvalue weighted by atomic mass is 32.2. The van der Waals surface area contributed by atoms with Crippen LogP contribution in [0.5, 0.6) is 0 Å². The maximum absolute atomic E-state index is 12.7. The molecule has 2 aromatic carbocycles. The zero-order valence-corrected chi connectivity index (χ0v) is 20.7. The summed E-state index contributed by atoms with van der Waals surface area (Å²) in [5, 5.41) is 14.2. The number of ether oxygens (including phenoxy) is 1. The number of alkyl carbamates (subject to hydrolysis) is 1. The summed E-state index contributed by atoms with van der Waals surface area (Å²) >= 11 is 0. The zero-order valence-electron chi connectivity index (χ0n) is 19.9. The summed E-state index contributed by atoms with van der Waals surface area (Å²) in [4.78, 5) is 36.6. The maximum Gasteiger partial charge on any atom is 0.407 e. The summed E-state index contributed by atoms with van der Waals surface area (Å²) < 4.78 is 28.7. The molecule has 1 atom stereocenters. The van der Waals surface area contributed by atoms with E-state index in [0.29, 0.717) is 0 Å². The van der Waals surface area contributed by atoms with Gasteiger partial charge in [0.05, 0.1) is 11.2 Å². The smallest absolute Gasteiger partial charge is 0.407 e. The summed E-state index contributed by atoms with van der Waals surface area (Å²) in [6.45, 7) is 2.73. The first-order chi connectivity index (χ1) is 16.4. The molecule has 2 amide bonds. The molecule has 9 nitrogen and oxygen atoms in total. The van der Waals surface area contributed by atoms with Crippen molar-refractivity contribution in [1.29, 1.82) is 0 Å². The van der Waals surface area contributed by atoms with Crippen molar-refractivity contribution in [3.63, 3.8) is 0 Å². The molecule has 2 aromatic rings. The molecule has 0 aromatic heterocycles. The van der Waals surface area contributed by atoms with Gasteiger partial charge in [-0.15, -0.1) is 0 Å². The summed E-state index contributed by atoms with van der Waals surface area (Å²) in [6, 6.07) is 14.5. The van der Waals surface area contributed by atoms with E-state index >= 15 is 0 Å². The molecule has 1 aliphatic carbocycles. The van der Waals surface area contributed by atoms with Gasteiger partial charge in [-0.05, 0) is 42.5 Å². The van der Waals surface area contributed by atoms with Crippen molar-refractivity contribution in [3.8, 4) is 11.1 Å². The van der Waals surface area contributed by atoms with Gasteiger partial charge in [0.15, 0.2) is 0 Å². The van der Waals surface area contributed by atoms with Gasteiger partial charge in [0.2, 0.25) is 5.91 Å². The summed E-state index contributed by atoms with van der Waals surface area (Å²) in [5.74, 6) is -2.30. The van der Waals surface area contributed by atoms with Gasteiger partial charge >= 0.3 is 12.1 Å². The Balaban J connectivity index is 1.67. The molecule has 1 unspecified atom stereocenters. The molecular formula is C25H30N2O7S. The fraction of sp³-hybridized carbons (Fsp3) is 0.400. The van der Waals surface area contributed by atoms with Gasteiger partial charge in [-0.3, -0.25) is 9.59 Å². The highest BCUT2D eigenvalue weighted by molar-refractivity contribution is 7.90. The Morgan fingerprint density at radius 3 is 2.09 bits per heavy atom. The molecule has 1 aliphatic rings. The zero-order chi connectivity index (χ0) is 25.8. The predicted molar refractivity (Wildman–Crippen MR) is 131 cm³/mol. The van der Waals surface area contributed by atoms with E-state index < -0.39 is 39.3 Å². The SMILES string of the molecule is CC(C)(CNC(=O)C(CCS(C)(=O)=O)NC(=O)OCC1c2ccccc2-c2ccccc21)C(=O)O. The van der Waals surface area contributed by atoms with Gasteiger partial charge in [0, 0.05) is 18.7 Å². The Morgan fingerprint density at radius 2 is 1.57 bits per heavy atom. The van der Waals surface area contributed by atoms with Crippen LogP contribution in [-0.2, 0) is 24.2 Å². The fourth-order valence-electron chi connectivity index (χ4n) is 3.89. The second kappa shape index (κ2) is 10.5. The van der Waals surface area contributed by atoms with Gasteiger partial charge in [-0.1, -0.05) is 48.5 Å². The number of amides is 2. The van der Waals surface area contributed by atoms with Crippen LogP contribution in [0, 0.1) is 5.41 Å². The van der Waals surface area contributed by atoms with Crippen molar-refractivity contribution in [2.45, 2.75) is 32.2 Å². The molecule has 0 aliphatic heterocycles. The molecule has 10 heteroatoms. The molecule has 0 saturated carbocycles. The quantitative estimate of drug-likeness (QED) is 0.454. The standard InChI is InChI=1S/C25H30N2O7S/c1-25(2,23(29)30)15-26-22(28)21(12-13-35(3,32)33)27-24(31)34-14-20-18-10-6-4-8-16(18)17-9-5-7-11-19(17)20/h4-11,20-21H,12-15H2,1-3H3,(H,26,28)(H,27,31)(H,29,30). The van der Waals surface area contributed by atoms with E-state index in [1.165, 1.54) is 13.8 Å². The number of fused-ring (bicyclic) bond motifs is 3. The van der Waals surface area contributed by atoms with Crippen molar-refractivity contribution in [1.82, 2.24) is 10.6 Å². The van der Waals surface area contributed by atoms with E-state index in [0.717, 1.165) is 28.5 Å². The Morgan fingerprint density at radius 1 is 1.03 bits per heavy atom. The number of sulfone groups is 1. The lowest BCUT2D eigenvalue weighted by Crippen LogP contribution is -2.50. The van der Waals surface area contributed by atoms with Crippen LogP contribution in [0.25, 0.3) is 11.1 Å². The third kappa shape index (κ3) is 6.60. The van der Waals surface area contributed by atoms with E-state index in [-0.39, 0.29) is 31.2 Å². The third-order valence-corrected chi connectivity index (χ3v) is 6.99. The molecule has 0 heterocycles. The largest absolute Gasteiger partial charge is 0.481 e. The first-order valence-corrected chi connectivity index (χ1v) is 13.3. The van der Waals surface area contributed by atoms with Crippen molar-refractivity contribution >= 4 is 27.8 Å². The summed E-state index contributed by atoms with van der Waals surface area (Å²) in [5.41, 5.74) is 2.97. The minimum atomic E-state index is -3.40. The normalized spacial score (nSPS) is 13.9. The number of aliphatic carboxylic acids is 1. The average molecular weight is 503 g/mol. The van der Waals surface area contributed by atoms with Crippen LogP contribution in [0.2, 0.25) is 0 Å². The van der Waals surface area contributed by atoms with Crippen LogP contribution in [0.1, 0.15) is 37.3 Å². The lowest BCUT2D eigenvalue weighted by atomic mass is 9.94. The molecule has 0 spiro atoms. The van der Waals surface area contributed by atoms with Gasteiger partial charge < -0.3 is 20.5 Å². The second-order valence-corrected chi connectivity index (χ2v) is 11.6. The monoisotopic (exact) mass is 502 g/mol. The number of rotatable bonds is 10. The Kier molecular flexibility index (Phi) is 7.84. The van der Waals surface area contributed by atoms with Crippen molar-refractivity contribution in [2.75, 3.05) is 25.2 Å². The molecule has 188 valence electrons. The second-order valence-electron chi connectivity index (χ2n) is 9.35. The Hall–Kier alpha value is -3.40. The van der Waals surface area contributed by atoms with E-state index in [2.05, 4.69) is 10.6 Å². The van der Waals surface area contributed by atoms with Crippen LogP contribution in [0.3, 0.4) is 0 Å². The predicted octanol–water partition coefficient (Wildman–Crippen LogP) is 2.56. The van der Waals surface area contributed by atoms with Crippen LogP contribution in [-0.4, -0.2) is 62.7 Å². The van der Waals surface area contributed by atoms with E-state index in [9.17, 15) is 27.9 Å². The fourth-order valence-corrected chi connectivity index (χ4v) is 4.55. The first-order valence-electron chi connectivity index (χ1n) is 11.2. The van der Waals surface area contributed by atoms with Crippen molar-refractivity contribution in [3.05, 3.63) is 59.7 Å². The number of nitrogens with one attached hydrogen (secondary N) is 2. The topological polar surface area (TPSA) is 139 Å². The van der Waals surface area contributed by atoms with Gasteiger partial charge in [-0.2, -0.15) is 0 Å². The van der Waals surface area contributed by atoms with E-state index in [1.54, 1.807) is 0 Å². The minimum Gasteiger partial charge on any atom is -0.481 e. The Labute approximate surface area is 204 Å². The number of carboxylic acid groups (broad SMARTS) is 1. The molecule has 35 heavy (non-hydrogen) atoms.